The third-order valence-electron chi connectivity index (χ3n) is 7.83. The first-order valence-corrected chi connectivity index (χ1v) is 17.6. The number of hydrogen-bond donors (Lipinski definition) is 4. The van der Waals surface area contributed by atoms with Crippen LogP contribution in [0.4, 0.5) is 4.79 Å². The largest absolute Gasteiger partial charge is 0.489 e. The maximum Gasteiger partial charge on any atom is 0.407 e. The molecule has 4 rings (SSSR count). The van der Waals surface area contributed by atoms with Crippen LogP contribution in [0.5, 0.6) is 17.2 Å². The summed E-state index contributed by atoms with van der Waals surface area (Å²) in [6.07, 6.45) is -0.277. The first-order chi connectivity index (χ1) is 22.7. The predicted octanol–water partition coefficient (Wildman–Crippen LogP) is 5.11. The Morgan fingerprint density at radius 2 is 1.67 bits per heavy atom. The highest BCUT2D eigenvalue weighted by atomic mass is 32.2. The summed E-state index contributed by atoms with van der Waals surface area (Å²) in [6, 6.07) is 19.2. The van der Waals surface area contributed by atoms with Crippen LogP contribution in [0.1, 0.15) is 64.2 Å². The molecule has 11 nitrogen and oxygen atoms in total. The first-order valence-electron chi connectivity index (χ1n) is 16.1. The van der Waals surface area contributed by atoms with Crippen LogP contribution in [0.3, 0.4) is 0 Å². The maximum absolute atomic E-state index is 13.8. The molecule has 3 aromatic carbocycles. The number of nitrogens with one attached hydrogen (secondary N) is 2. The number of alkyl carbamates (subject to hydrolysis) is 1. The maximum atomic E-state index is 13.8. The molecule has 3 aromatic rings. The van der Waals surface area contributed by atoms with Gasteiger partial charge in [-0.15, -0.1) is 0 Å². The minimum Gasteiger partial charge on any atom is -0.489 e. The molecule has 0 aromatic heterocycles. The lowest BCUT2D eigenvalue weighted by molar-refractivity contribution is 0.0427. The van der Waals surface area contributed by atoms with Gasteiger partial charge in [-0.1, -0.05) is 56.3 Å². The number of rotatable bonds is 16. The summed E-state index contributed by atoms with van der Waals surface area (Å²) < 4.78 is 52.6. The van der Waals surface area contributed by atoms with Gasteiger partial charge in [0.2, 0.25) is 16.8 Å². The fourth-order valence-corrected chi connectivity index (χ4v) is 6.71. The lowest BCUT2D eigenvalue weighted by atomic mass is 9.81. The Morgan fingerprint density at radius 3 is 2.33 bits per heavy atom. The summed E-state index contributed by atoms with van der Waals surface area (Å²) in [4.78, 5) is 12.8. The second kappa shape index (κ2) is 16.0. The fourth-order valence-electron chi connectivity index (χ4n) is 5.43. The van der Waals surface area contributed by atoms with Gasteiger partial charge < -0.3 is 34.5 Å². The Balaban J connectivity index is 1.50. The molecule has 48 heavy (non-hydrogen) atoms. The zero-order chi connectivity index (χ0) is 35.0. The van der Waals surface area contributed by atoms with Crippen molar-refractivity contribution < 1.29 is 42.4 Å². The van der Waals surface area contributed by atoms with E-state index in [4.69, 9.17) is 18.9 Å². The van der Waals surface area contributed by atoms with E-state index in [1.807, 2.05) is 56.3 Å². The van der Waals surface area contributed by atoms with Crippen molar-refractivity contribution in [3.8, 4) is 17.2 Å². The number of carbonyl (C=O) groups is 1. The minimum atomic E-state index is -4.15. The van der Waals surface area contributed by atoms with Crippen LogP contribution in [0, 0.1) is 5.41 Å². The Hall–Kier alpha value is -3.84. The number of fused-ring (bicyclic) bond motifs is 1. The molecule has 1 aliphatic heterocycles. The molecule has 0 bridgehead atoms. The third kappa shape index (κ3) is 10.8. The monoisotopic (exact) mass is 684 g/mol. The second-order valence-corrected chi connectivity index (χ2v) is 15.5. The van der Waals surface area contributed by atoms with Gasteiger partial charge in [0.25, 0.3) is 0 Å². The lowest BCUT2D eigenvalue weighted by Gasteiger charge is -2.28. The van der Waals surface area contributed by atoms with Crippen LogP contribution in [0.2, 0.25) is 0 Å². The number of aliphatic hydroxyl groups is 2. The van der Waals surface area contributed by atoms with Crippen molar-refractivity contribution in [1.82, 2.24) is 10.0 Å². The Morgan fingerprint density at radius 1 is 0.958 bits per heavy atom. The van der Waals surface area contributed by atoms with Gasteiger partial charge in [0.05, 0.1) is 17.0 Å². The molecular weight excluding hydrogens is 636 g/mol. The lowest BCUT2D eigenvalue weighted by Crippen LogP contribution is -2.50. The molecule has 12 heteroatoms. The zero-order valence-corrected chi connectivity index (χ0v) is 29.1. The molecule has 2 atom stereocenters. The van der Waals surface area contributed by atoms with Gasteiger partial charge in [-0.3, -0.25) is 0 Å². The summed E-state index contributed by atoms with van der Waals surface area (Å²) in [7, 11) is -4.15. The number of ether oxygens (including phenoxy) is 4. The molecule has 1 heterocycles. The number of sulfonamides is 1. The van der Waals surface area contributed by atoms with Crippen LogP contribution >= 0.6 is 0 Å². The van der Waals surface area contributed by atoms with Crippen molar-refractivity contribution in [2.24, 2.45) is 5.41 Å². The summed E-state index contributed by atoms with van der Waals surface area (Å²) in [5, 5.41) is 23.4. The van der Waals surface area contributed by atoms with E-state index in [1.54, 1.807) is 39.0 Å². The van der Waals surface area contributed by atoms with Gasteiger partial charge in [0.15, 0.2) is 11.5 Å². The molecule has 1 aliphatic rings. The second-order valence-electron chi connectivity index (χ2n) is 13.7. The van der Waals surface area contributed by atoms with Crippen LogP contribution < -0.4 is 24.2 Å². The van der Waals surface area contributed by atoms with Crippen LogP contribution in [0.15, 0.2) is 71.6 Å². The molecule has 0 saturated heterocycles. The van der Waals surface area contributed by atoms with Crippen molar-refractivity contribution in [3.63, 3.8) is 0 Å². The number of amides is 1. The molecule has 0 aliphatic carbocycles. The van der Waals surface area contributed by atoms with Crippen LogP contribution in [0.25, 0.3) is 0 Å². The predicted molar refractivity (Wildman–Crippen MR) is 182 cm³/mol. The van der Waals surface area contributed by atoms with Crippen molar-refractivity contribution in [2.45, 2.75) is 89.6 Å². The molecule has 262 valence electrons. The Bertz CT molecular complexity index is 1600. The quantitative estimate of drug-likeness (QED) is 0.161. The van der Waals surface area contributed by atoms with Gasteiger partial charge in [-0.25, -0.2) is 17.9 Å². The molecule has 0 spiro atoms. The van der Waals surface area contributed by atoms with E-state index in [9.17, 15) is 23.4 Å². The van der Waals surface area contributed by atoms with E-state index in [1.165, 1.54) is 6.07 Å². The van der Waals surface area contributed by atoms with Gasteiger partial charge in [0, 0.05) is 18.7 Å². The van der Waals surface area contributed by atoms with Crippen molar-refractivity contribution in [2.75, 3.05) is 19.9 Å². The van der Waals surface area contributed by atoms with E-state index in [0.29, 0.717) is 48.7 Å². The molecule has 1 amide bonds. The van der Waals surface area contributed by atoms with Crippen molar-refractivity contribution in [1.29, 1.82) is 0 Å². The molecule has 0 saturated carbocycles. The highest BCUT2D eigenvalue weighted by Crippen LogP contribution is 2.43. The summed E-state index contributed by atoms with van der Waals surface area (Å²) in [5.41, 5.74) is 1.16. The average Bonchev–Trinajstić information content (AvgIpc) is 3.51. The Labute approximate surface area is 283 Å². The SMILES string of the molecule is CC(C)(CCCO)Cc1c(S(=O)(=O)NC[C@@H](O)[C@H](Cc2ccc(OCc3ccccc3)cc2)NC(=O)OC(C)(C)C)ccc2c1OCO2. The number of hydrogen-bond acceptors (Lipinski definition) is 9. The highest BCUT2D eigenvalue weighted by molar-refractivity contribution is 7.89. The highest BCUT2D eigenvalue weighted by Gasteiger charge is 2.32. The number of benzene rings is 3. The molecular formula is C36H48N2O9S. The van der Waals surface area contributed by atoms with E-state index >= 15 is 0 Å². The number of carbonyl (C=O) groups excluding carboxylic acids is 1. The summed E-state index contributed by atoms with van der Waals surface area (Å²) in [6.45, 7) is 9.23. The zero-order valence-electron chi connectivity index (χ0n) is 28.3. The van der Waals surface area contributed by atoms with Crippen molar-refractivity contribution >= 4 is 16.1 Å². The Kier molecular flexibility index (Phi) is 12.4. The average molecular weight is 685 g/mol. The van der Waals surface area contributed by atoms with Gasteiger partial charge in [-0.2, -0.15) is 0 Å². The van der Waals surface area contributed by atoms with E-state index < -0.39 is 33.9 Å². The third-order valence-corrected chi connectivity index (χ3v) is 9.34. The fraction of sp³-hybridized carbons (Fsp3) is 0.472. The van der Waals surface area contributed by atoms with E-state index in [-0.39, 0.29) is 36.7 Å². The van der Waals surface area contributed by atoms with Gasteiger partial charge in [0.1, 0.15) is 18.0 Å². The van der Waals surface area contributed by atoms with E-state index in [2.05, 4.69) is 10.0 Å². The van der Waals surface area contributed by atoms with Crippen LogP contribution in [-0.4, -0.2) is 62.4 Å². The molecule has 4 N–H and O–H groups in total. The normalized spacial score (nSPS) is 14.3. The van der Waals surface area contributed by atoms with Crippen molar-refractivity contribution in [3.05, 3.63) is 83.4 Å². The first kappa shape index (κ1) is 37.0. The topological polar surface area (TPSA) is 153 Å². The summed E-state index contributed by atoms with van der Waals surface area (Å²) >= 11 is 0. The minimum absolute atomic E-state index is 0.0127. The molecule has 0 unspecified atom stereocenters. The standard InChI is InChI=1S/C36H48N2O9S/c1-35(2,3)47-34(41)38-29(20-25-12-14-27(15-13-25)44-23-26-10-7-6-8-11-26)30(40)22-37-48(42,43)32-17-16-31-33(46-24-45-31)28(32)21-36(4,5)18-9-19-39/h6-8,10-17,29-30,37,39-40H,9,18-24H2,1-5H3,(H,38,41)/t29-,30+/m0/s1. The van der Waals surface area contributed by atoms with Gasteiger partial charge >= 0.3 is 6.09 Å². The molecule has 0 fully saturated rings. The van der Waals surface area contributed by atoms with Crippen LogP contribution in [-0.2, 0) is 34.2 Å². The van der Waals surface area contributed by atoms with E-state index in [0.717, 1.165) is 11.1 Å². The number of aliphatic hydroxyl groups excluding tert-OH is 2. The summed E-state index contributed by atoms with van der Waals surface area (Å²) in [5.74, 6) is 1.49. The molecule has 0 radical (unpaired) electrons. The van der Waals surface area contributed by atoms with Gasteiger partial charge in [-0.05, 0) is 87.3 Å². The smallest absolute Gasteiger partial charge is 0.407 e.